The third-order valence-corrected chi connectivity index (χ3v) is 22.9. The number of aryl methyl sites for hydroxylation is 2. The van der Waals surface area contributed by atoms with Crippen molar-refractivity contribution in [3.8, 4) is 5.75 Å². The first-order valence-corrected chi connectivity index (χ1v) is 43.5. The van der Waals surface area contributed by atoms with Crippen molar-refractivity contribution in [2.45, 2.75) is 141 Å². The number of fused-ring (bicyclic) bond motifs is 9. The Balaban J connectivity index is 0.000000132. The van der Waals surface area contributed by atoms with Crippen LogP contribution in [0, 0.1) is 11.3 Å². The molecule has 1 saturated carbocycles. The molecule has 17 rings (SSSR count). The van der Waals surface area contributed by atoms with Gasteiger partial charge in [0.05, 0.1) is 53.0 Å². The molecule has 0 radical (unpaired) electrons. The van der Waals surface area contributed by atoms with E-state index in [9.17, 15) is 84.2 Å². The molecule has 6 aliphatic heterocycles. The minimum Gasteiger partial charge on any atom is -0.870 e. The molecule has 0 aromatic carbocycles. The molecule has 10 aromatic heterocycles. The highest BCUT2D eigenvalue weighted by Gasteiger charge is 2.57. The monoisotopic (exact) mass is 1840 g/mol. The molecular weight excluding hydrogens is 1770 g/mol. The number of rotatable bonds is 18. The van der Waals surface area contributed by atoms with E-state index < -0.39 is 187 Å². The zero-order valence-corrected chi connectivity index (χ0v) is 68.1. The van der Waals surface area contributed by atoms with Crippen LogP contribution in [0.2, 0.25) is 0 Å². The number of phosphoric ester groups is 5. The van der Waals surface area contributed by atoms with Gasteiger partial charge in [0.1, 0.15) is 128 Å². The molecule has 63 heteroatoms. The second kappa shape index (κ2) is 35.0. The normalized spacial score (nSPS) is 28.9. The van der Waals surface area contributed by atoms with Crippen molar-refractivity contribution >= 4 is 125 Å². The second-order valence-corrected chi connectivity index (χ2v) is 34.7. The number of aliphatic hydroxyl groups excluding tert-OH is 10. The van der Waals surface area contributed by atoms with Gasteiger partial charge < -0.3 is 148 Å². The average Bonchev–Trinajstić information content (AvgIpc) is 1.56. The Kier molecular flexibility index (Phi) is 26.3. The number of hydrazone groups is 1. The average molecular weight is 1850 g/mol. The summed E-state index contributed by atoms with van der Waals surface area (Å²) in [6, 6.07) is 4.28. The lowest BCUT2D eigenvalue weighted by atomic mass is 10.1. The van der Waals surface area contributed by atoms with Crippen molar-refractivity contribution in [3.05, 3.63) is 86.1 Å². The summed E-state index contributed by atoms with van der Waals surface area (Å²) in [6.45, 7) is -0.305. The number of aliphatic hydroxyl groups is 10. The van der Waals surface area contributed by atoms with Gasteiger partial charge in [0.2, 0.25) is 18.0 Å². The van der Waals surface area contributed by atoms with E-state index in [4.69, 9.17) is 96.2 Å². The summed E-state index contributed by atoms with van der Waals surface area (Å²) in [5.74, 6) is -0.0637. The predicted molar refractivity (Wildman–Crippen MR) is 393 cm³/mol. The van der Waals surface area contributed by atoms with Gasteiger partial charge in [-0.2, -0.15) is 4.73 Å². The molecule has 2 bridgehead atoms. The third kappa shape index (κ3) is 18.7. The Morgan fingerprint density at radius 1 is 0.557 bits per heavy atom. The molecule has 10 aromatic rings. The summed E-state index contributed by atoms with van der Waals surface area (Å²) in [5.41, 5.74) is 9.88. The van der Waals surface area contributed by atoms with E-state index in [1.54, 1.807) is 53.2 Å². The minimum atomic E-state index is -4.92. The quantitative estimate of drug-likeness (QED) is 0.0164. The number of aromatic nitrogens is 17. The molecule has 24 N–H and O–H groups in total. The number of imidazole rings is 5. The molecule has 666 valence electrons. The van der Waals surface area contributed by atoms with Crippen LogP contribution < -0.4 is 35.0 Å². The zero-order valence-electron chi connectivity index (χ0n) is 62.8. The number of phosphoric acid groups is 5. The highest BCUT2D eigenvalue weighted by molar-refractivity contribution is 7.59. The number of ether oxygens (including phenoxy) is 4. The van der Waals surface area contributed by atoms with E-state index >= 15 is 0 Å². The van der Waals surface area contributed by atoms with Crippen molar-refractivity contribution in [1.82, 2.24) is 67.4 Å². The lowest BCUT2D eigenvalue weighted by Gasteiger charge is -2.30. The van der Waals surface area contributed by atoms with Crippen molar-refractivity contribution in [2.24, 2.45) is 25.1 Å². The second-order valence-electron chi connectivity index (χ2n) is 28.1. The fourth-order valence-corrected chi connectivity index (χ4v) is 16.8. The SMILES string of the molecule is CC1=NN(C)c2ccnc3c2n1c[n+]3[C@@H]1C[C@H](COP(=O)(O)O)[C@@H](O)[C@H]1O.Cn1c[n+]([C@@H]2O[C@H](COP(=O)(O)O)[C@@H](O)[C@H]2O)c2nccc([O-])c21.Cn1c[n+]([C@@H]2O[C@H](COP(=O)(O)O)[C@@H](O)[C@H]2O)c2nccc([S-])c21.N=c1c2ncn([C@@H]3O[C@H](COP(=O)(O)O)[C@@H](O)[C@H]3O)c2ncn1O.Nc1ncnc2c1nc1n2[C@@H]2O[C@H](C1OP(=O)(O)O)[C@@H](O)[C@H]2O. The van der Waals surface area contributed by atoms with E-state index in [1.165, 1.54) is 60.3 Å². The van der Waals surface area contributed by atoms with Crippen molar-refractivity contribution < 1.29 is 188 Å². The van der Waals surface area contributed by atoms with Gasteiger partial charge >= 0.3 is 56.1 Å². The van der Waals surface area contributed by atoms with Crippen LogP contribution in [0.1, 0.15) is 56.2 Å². The number of anilines is 2. The van der Waals surface area contributed by atoms with E-state index in [0.29, 0.717) is 26.4 Å². The van der Waals surface area contributed by atoms with E-state index in [2.05, 4.69) is 63.1 Å². The fourth-order valence-electron chi connectivity index (χ4n) is 14.6. The van der Waals surface area contributed by atoms with Gasteiger partial charge in [-0.25, -0.2) is 66.0 Å². The molecule has 1 aliphatic carbocycles. The van der Waals surface area contributed by atoms with Gasteiger partial charge in [-0.1, -0.05) is 5.75 Å². The van der Waals surface area contributed by atoms with E-state index in [-0.39, 0.29) is 69.4 Å². The topological polar surface area (TPSA) is 826 Å². The maximum atomic E-state index is 11.9. The first-order chi connectivity index (χ1) is 57.0. The summed E-state index contributed by atoms with van der Waals surface area (Å²) in [4.78, 5) is 121. The maximum absolute atomic E-state index is 11.9. The predicted octanol–water partition coefficient (Wildman–Crippen LogP) is -8.63. The highest BCUT2D eigenvalue weighted by atomic mass is 32.1. The summed E-state index contributed by atoms with van der Waals surface area (Å²) in [6.07, 6.45) is -10.9. The van der Waals surface area contributed by atoms with Gasteiger partial charge in [-0.3, -0.25) is 51.3 Å². The number of nitrogens with zero attached hydrogens (tertiary/aromatic N) is 19. The molecule has 5 fully saturated rings. The van der Waals surface area contributed by atoms with Crippen LogP contribution in [0.3, 0.4) is 0 Å². The van der Waals surface area contributed by atoms with Gasteiger partial charge in [-0.15, -0.1) is 24.9 Å². The van der Waals surface area contributed by atoms with Crippen molar-refractivity contribution in [1.29, 1.82) is 5.41 Å². The summed E-state index contributed by atoms with van der Waals surface area (Å²) >= 11 is 5.25. The standard InChI is InChI=1S/C15H20N5O6P.C12H16N3O8P.C12H16N3O7PS.C10H14N5O8P.C10H12N5O7P/c1-8-17-18(2)10-3-4-16-15-12(10)19(8)7-20(15)11-5-9(13(21)14(11)22)6-26-27(23,24)25;1-14-5-15(11-8(14)6(16)2-3-13-11)12-10(18)9(17)7(23-12)4-22-24(19,20)21;1-14-5-15(11-8(14)7(24)2-3-13-11)12-10(17)9(16)6(22-12)4-21-23(18,19)20;11-8-5-9(13-3-15(8)18)14(2-12-5)10-7(17)6(16)4(23-10)1-22-24(19,20)21;11-7-2-8(13-1-12-7)15-9(14-2)6(22-23(18,19)20)5-3(16)4(17)10(15)21-5/h3-4,7,9,11,13-14,21-22H,5-6H2,1-2H3,(H-,23,24,25);2-3,5,7,9-10,12,17-18H,4H2,1H3,(H2-,13,16,19,20,21);2-3,5-6,9-10,12,16-17H,4H2,1H3,(H2-,13,18,19,20,24);2-4,6-7,10-11,16-18H,1H2,(H2,19,20,21);1,3-6,10,16-17H,(H2,11,12,13)(H2,18,19,20)/p+1/t9-,11-,13-,14+;7-,9-,10-,12-;6-,9-,10-,12-;4-,6-,7-,10-;3-,4+,5-,6?,10+/m11110/s1. The van der Waals surface area contributed by atoms with E-state index in [1.807, 2.05) is 24.6 Å². The van der Waals surface area contributed by atoms with Crippen LogP contribution in [-0.4, -0.2) is 297 Å². The molecule has 21 atom stereocenters. The molecule has 16 heterocycles. The number of pyridine rings is 3. The molecule has 0 spiro atoms. The maximum Gasteiger partial charge on any atom is 0.470 e. The van der Waals surface area contributed by atoms with Crippen LogP contribution in [0.4, 0.5) is 11.5 Å². The summed E-state index contributed by atoms with van der Waals surface area (Å²) in [5, 5.41) is 137. The molecule has 7 aliphatic rings. The highest BCUT2D eigenvalue weighted by Crippen LogP contribution is 2.52. The fraction of sp³-hybridized carbons (Fsp3) is 0.508. The largest absolute Gasteiger partial charge is 0.870 e. The number of nitrogens with two attached hydrogens (primary N) is 1. The Labute approximate surface area is 685 Å². The van der Waals surface area contributed by atoms with Gasteiger partial charge in [0.25, 0.3) is 0 Å². The van der Waals surface area contributed by atoms with Crippen LogP contribution >= 0.6 is 39.1 Å². The molecule has 122 heavy (non-hydrogen) atoms. The third-order valence-electron chi connectivity index (χ3n) is 20.1. The van der Waals surface area contributed by atoms with Crippen molar-refractivity contribution in [3.63, 3.8) is 0 Å². The molecule has 1 unspecified atom stereocenters. The molecular formula is C59H79N21O36P5S+. The van der Waals surface area contributed by atoms with Crippen molar-refractivity contribution in [2.75, 3.05) is 44.2 Å². The number of hydrogen-bond donors (Lipinski definition) is 23. The van der Waals surface area contributed by atoms with Crippen LogP contribution in [0.5, 0.6) is 5.75 Å². The summed E-state index contributed by atoms with van der Waals surface area (Å²) < 4.78 is 111. The Hall–Kier alpha value is -8.16. The van der Waals surface area contributed by atoms with Gasteiger partial charge in [0, 0.05) is 26.0 Å². The molecule has 57 nitrogen and oxygen atoms in total. The smallest absolute Gasteiger partial charge is 0.470 e. The first-order valence-electron chi connectivity index (χ1n) is 35.4. The number of nitrogens with one attached hydrogen (secondary N) is 1. The Morgan fingerprint density at radius 3 is 1.65 bits per heavy atom. The lowest BCUT2D eigenvalue weighted by molar-refractivity contribution is -0.746. The summed E-state index contributed by atoms with van der Waals surface area (Å²) in [7, 11) is -18.6. The first kappa shape index (κ1) is 91.5. The van der Waals surface area contributed by atoms with Crippen LogP contribution in [0.25, 0.3) is 55.8 Å². The Morgan fingerprint density at radius 2 is 1.07 bits per heavy atom. The lowest BCUT2D eigenvalue weighted by Crippen LogP contribution is -2.45. The zero-order chi connectivity index (χ0) is 89.0. The molecule has 0 amide bonds. The molecule has 4 saturated heterocycles. The number of nitrogen functional groups attached to an aromatic ring is 1. The minimum absolute atomic E-state index is 0.0280. The Bertz CT molecular complexity index is 5790. The van der Waals surface area contributed by atoms with Crippen LogP contribution in [0.15, 0.2) is 84.8 Å². The number of hydrogen-bond acceptors (Lipinski definition) is 39. The van der Waals surface area contributed by atoms with Crippen LogP contribution in [-0.2, 0) is 91.1 Å². The van der Waals surface area contributed by atoms with E-state index in [0.717, 1.165) is 23.4 Å². The van der Waals surface area contributed by atoms with Gasteiger partial charge in [-0.05, 0) is 18.6 Å². The van der Waals surface area contributed by atoms with Gasteiger partial charge in [0.15, 0.2) is 88.0 Å².